The van der Waals surface area contributed by atoms with Crippen LogP contribution in [-0.4, -0.2) is 15.7 Å². The van der Waals surface area contributed by atoms with Crippen LogP contribution in [0.4, 0.5) is 11.4 Å². The van der Waals surface area contributed by atoms with Gasteiger partial charge in [-0.1, -0.05) is 29.8 Å². The van der Waals surface area contributed by atoms with Crippen molar-refractivity contribution in [1.82, 2.24) is 9.78 Å². The third-order valence-electron chi connectivity index (χ3n) is 4.88. The fourth-order valence-electron chi connectivity index (χ4n) is 3.24. The Bertz CT molecular complexity index is 993. The number of aryl methyl sites for hydroxylation is 1. The summed E-state index contributed by atoms with van der Waals surface area (Å²) in [5.74, 6) is -0.0737. The number of anilines is 2. The zero-order valence-electron chi connectivity index (χ0n) is 16.6. The highest BCUT2D eigenvalue weighted by molar-refractivity contribution is 6.30. The fraction of sp³-hybridized carbons (Fsp3) is 0.273. The summed E-state index contributed by atoms with van der Waals surface area (Å²) in [6.45, 7) is 9.01. The molecule has 0 spiro atoms. The molecule has 0 saturated heterocycles. The van der Waals surface area contributed by atoms with Crippen LogP contribution < -0.4 is 10.6 Å². The predicted molar refractivity (Wildman–Crippen MR) is 115 cm³/mol. The zero-order chi connectivity index (χ0) is 20.3. The molecule has 0 aliphatic heterocycles. The smallest absolute Gasteiger partial charge is 0.221 e. The van der Waals surface area contributed by atoms with Crippen molar-refractivity contribution in [1.29, 1.82) is 0 Å². The van der Waals surface area contributed by atoms with Gasteiger partial charge in [0.05, 0.1) is 12.2 Å². The predicted octanol–water partition coefficient (Wildman–Crippen LogP) is 5.08. The van der Waals surface area contributed by atoms with Crippen LogP contribution in [0.2, 0.25) is 5.02 Å². The number of benzene rings is 2. The number of amides is 1. The molecular weight excluding hydrogens is 372 g/mol. The van der Waals surface area contributed by atoms with Crippen molar-refractivity contribution in [3.8, 4) is 0 Å². The monoisotopic (exact) mass is 396 g/mol. The van der Waals surface area contributed by atoms with Crippen molar-refractivity contribution in [3.63, 3.8) is 0 Å². The number of rotatable bonds is 6. The molecule has 28 heavy (non-hydrogen) atoms. The summed E-state index contributed by atoms with van der Waals surface area (Å²) in [5.41, 5.74) is 7.32. The van der Waals surface area contributed by atoms with Gasteiger partial charge in [0.25, 0.3) is 0 Å². The largest absolute Gasteiger partial charge is 0.381 e. The zero-order valence-corrected chi connectivity index (χ0v) is 17.4. The highest BCUT2D eigenvalue weighted by Crippen LogP contribution is 2.25. The summed E-state index contributed by atoms with van der Waals surface area (Å²) >= 11 is 5.97. The highest BCUT2D eigenvalue weighted by Gasteiger charge is 2.13. The maximum atomic E-state index is 11.4. The van der Waals surface area contributed by atoms with E-state index in [2.05, 4.69) is 17.6 Å². The van der Waals surface area contributed by atoms with Gasteiger partial charge in [-0.3, -0.25) is 9.48 Å². The van der Waals surface area contributed by atoms with Crippen molar-refractivity contribution in [2.24, 2.45) is 0 Å². The Kier molecular flexibility index (Phi) is 6.05. The summed E-state index contributed by atoms with van der Waals surface area (Å²) in [4.78, 5) is 11.4. The van der Waals surface area contributed by atoms with Crippen molar-refractivity contribution in [2.45, 2.75) is 40.8 Å². The Morgan fingerprint density at radius 1 is 1.07 bits per heavy atom. The van der Waals surface area contributed by atoms with E-state index in [1.807, 2.05) is 61.0 Å². The Labute approximate surface area is 170 Å². The van der Waals surface area contributed by atoms with Crippen LogP contribution >= 0.6 is 11.6 Å². The van der Waals surface area contributed by atoms with Crippen LogP contribution in [0, 0.1) is 20.8 Å². The van der Waals surface area contributed by atoms with Crippen molar-refractivity contribution in [3.05, 3.63) is 75.6 Å². The lowest BCUT2D eigenvalue weighted by Gasteiger charge is -2.14. The van der Waals surface area contributed by atoms with Gasteiger partial charge in [0.2, 0.25) is 5.91 Å². The topological polar surface area (TPSA) is 59.0 Å². The second kappa shape index (κ2) is 8.48. The number of nitrogens with zero attached hydrogens (tertiary/aromatic N) is 2. The molecule has 0 bridgehead atoms. The molecule has 0 saturated carbocycles. The lowest BCUT2D eigenvalue weighted by Crippen LogP contribution is -2.09. The molecule has 0 aliphatic rings. The van der Waals surface area contributed by atoms with E-state index in [4.69, 9.17) is 16.7 Å². The van der Waals surface area contributed by atoms with Crippen molar-refractivity contribution >= 4 is 28.9 Å². The molecule has 3 aromatic rings. The fourth-order valence-corrected chi connectivity index (χ4v) is 3.37. The van der Waals surface area contributed by atoms with E-state index in [0.717, 1.165) is 38.9 Å². The average Bonchev–Trinajstić information content (AvgIpc) is 2.91. The number of nitrogens with one attached hydrogen (secondary N) is 2. The standard InChI is InChI=1S/C22H25ClN4O/c1-14-21(6-5-7-22(14)25-17(4)28)24-12-20-15(2)26-27(16(20)3)13-18-8-10-19(23)11-9-18/h5-11,24H,12-13H2,1-4H3,(H,25,28). The maximum Gasteiger partial charge on any atom is 0.221 e. The molecular formula is C22H25ClN4O. The van der Waals surface area contributed by atoms with E-state index in [-0.39, 0.29) is 5.91 Å². The first-order chi connectivity index (χ1) is 13.3. The minimum absolute atomic E-state index is 0.0737. The average molecular weight is 397 g/mol. The van der Waals surface area contributed by atoms with Crippen molar-refractivity contribution in [2.75, 3.05) is 10.6 Å². The Morgan fingerprint density at radius 2 is 1.75 bits per heavy atom. The molecule has 2 N–H and O–H groups in total. The van der Waals surface area contributed by atoms with Gasteiger partial charge in [-0.05, 0) is 56.2 Å². The van der Waals surface area contributed by atoms with Gasteiger partial charge in [-0.15, -0.1) is 0 Å². The molecule has 1 aromatic heterocycles. The molecule has 6 heteroatoms. The Hall–Kier alpha value is -2.79. The van der Waals surface area contributed by atoms with Gasteiger partial charge < -0.3 is 10.6 Å². The molecule has 1 heterocycles. The first kappa shape index (κ1) is 20.0. The third-order valence-corrected chi connectivity index (χ3v) is 5.13. The second-order valence-corrected chi connectivity index (χ2v) is 7.38. The van der Waals surface area contributed by atoms with Crippen LogP contribution in [0.15, 0.2) is 42.5 Å². The van der Waals surface area contributed by atoms with Gasteiger partial charge >= 0.3 is 0 Å². The number of aromatic nitrogens is 2. The summed E-state index contributed by atoms with van der Waals surface area (Å²) in [7, 11) is 0. The molecule has 0 aliphatic carbocycles. The second-order valence-electron chi connectivity index (χ2n) is 6.95. The number of hydrogen-bond acceptors (Lipinski definition) is 3. The summed E-state index contributed by atoms with van der Waals surface area (Å²) in [6, 6.07) is 13.7. The van der Waals surface area contributed by atoms with Gasteiger partial charge in [0.15, 0.2) is 0 Å². The van der Waals surface area contributed by atoms with Crippen molar-refractivity contribution < 1.29 is 4.79 Å². The maximum absolute atomic E-state index is 11.4. The van der Waals surface area contributed by atoms with Gasteiger partial charge in [-0.2, -0.15) is 5.10 Å². The quantitative estimate of drug-likeness (QED) is 0.610. The number of hydrogen-bond donors (Lipinski definition) is 2. The first-order valence-corrected chi connectivity index (χ1v) is 9.61. The first-order valence-electron chi connectivity index (χ1n) is 9.23. The molecule has 2 aromatic carbocycles. The lowest BCUT2D eigenvalue weighted by molar-refractivity contribution is -0.114. The van der Waals surface area contributed by atoms with Crippen LogP contribution in [0.5, 0.6) is 0 Å². The number of carbonyl (C=O) groups is 1. The number of halogens is 1. The minimum Gasteiger partial charge on any atom is -0.381 e. The van der Waals surface area contributed by atoms with Crippen LogP contribution in [0.1, 0.15) is 35.0 Å². The molecule has 0 fully saturated rings. The molecule has 5 nitrogen and oxygen atoms in total. The molecule has 0 radical (unpaired) electrons. The molecule has 146 valence electrons. The third kappa shape index (κ3) is 4.54. The minimum atomic E-state index is -0.0737. The molecule has 3 rings (SSSR count). The van der Waals surface area contributed by atoms with Gasteiger partial charge in [0, 0.05) is 41.1 Å². The molecule has 1 amide bonds. The van der Waals surface area contributed by atoms with Crippen LogP contribution in [0.25, 0.3) is 0 Å². The Morgan fingerprint density at radius 3 is 2.43 bits per heavy atom. The number of carbonyl (C=O) groups excluding carboxylic acids is 1. The van der Waals surface area contributed by atoms with E-state index in [1.54, 1.807) is 0 Å². The highest BCUT2D eigenvalue weighted by atomic mass is 35.5. The van der Waals surface area contributed by atoms with E-state index in [9.17, 15) is 4.79 Å². The molecule has 0 unspecified atom stereocenters. The lowest BCUT2D eigenvalue weighted by atomic mass is 10.1. The van der Waals surface area contributed by atoms with E-state index in [0.29, 0.717) is 13.1 Å². The van der Waals surface area contributed by atoms with E-state index in [1.165, 1.54) is 12.5 Å². The normalized spacial score (nSPS) is 10.8. The van der Waals surface area contributed by atoms with Gasteiger partial charge in [-0.25, -0.2) is 0 Å². The molecule has 0 atom stereocenters. The van der Waals surface area contributed by atoms with E-state index < -0.39 is 0 Å². The van der Waals surface area contributed by atoms with E-state index >= 15 is 0 Å². The van der Waals surface area contributed by atoms with Gasteiger partial charge in [0.1, 0.15) is 0 Å². The summed E-state index contributed by atoms with van der Waals surface area (Å²) in [6.07, 6.45) is 0. The SMILES string of the molecule is CC(=O)Nc1cccc(NCc2c(C)nn(Cc3ccc(Cl)cc3)c2C)c1C. The van der Waals surface area contributed by atoms with Crippen LogP contribution in [0.3, 0.4) is 0 Å². The summed E-state index contributed by atoms with van der Waals surface area (Å²) < 4.78 is 2.02. The Balaban J connectivity index is 1.76. The summed E-state index contributed by atoms with van der Waals surface area (Å²) in [5, 5.41) is 11.8. The van der Waals surface area contributed by atoms with Crippen LogP contribution in [-0.2, 0) is 17.9 Å².